The maximum absolute atomic E-state index is 12.7. The molecule has 2 aliphatic carbocycles. The molecule has 6 atom stereocenters. The van der Waals surface area contributed by atoms with Crippen molar-refractivity contribution in [2.45, 2.75) is 101 Å². The molecule has 1 spiro atoms. The first-order valence-electron chi connectivity index (χ1n) is 11.4. The number of rotatable bonds is 7. The molecule has 30 heavy (non-hydrogen) atoms. The van der Waals surface area contributed by atoms with Gasteiger partial charge in [-0.2, -0.15) is 0 Å². The van der Waals surface area contributed by atoms with Crippen LogP contribution in [0.4, 0.5) is 4.79 Å². The van der Waals surface area contributed by atoms with Crippen LogP contribution in [-0.4, -0.2) is 66.6 Å². The molecule has 0 aromatic rings. The van der Waals surface area contributed by atoms with Crippen molar-refractivity contribution in [3.63, 3.8) is 0 Å². The maximum atomic E-state index is 12.7. The second-order valence-corrected chi connectivity index (χ2v) is 10.1. The molecule has 0 aromatic carbocycles. The third-order valence-electron chi connectivity index (χ3n) is 7.73. The van der Waals surface area contributed by atoms with Crippen LogP contribution in [0.25, 0.3) is 0 Å². The van der Waals surface area contributed by atoms with Crippen LogP contribution in [0.3, 0.4) is 0 Å². The van der Waals surface area contributed by atoms with E-state index in [1.165, 1.54) is 5.57 Å². The lowest BCUT2D eigenvalue weighted by molar-refractivity contribution is -0.119. The van der Waals surface area contributed by atoms with Crippen molar-refractivity contribution in [2.24, 2.45) is 5.92 Å². The Balaban J connectivity index is 1.45. The summed E-state index contributed by atoms with van der Waals surface area (Å²) in [5.41, 5.74) is 0.151. The molecule has 4 fully saturated rings. The van der Waals surface area contributed by atoms with Crippen LogP contribution in [0, 0.1) is 5.92 Å². The molecule has 4 unspecified atom stereocenters. The van der Waals surface area contributed by atoms with Gasteiger partial charge in [0.25, 0.3) is 0 Å². The van der Waals surface area contributed by atoms with E-state index in [4.69, 9.17) is 18.9 Å². The number of alkyl carbamates (subject to hydrolysis) is 1. The summed E-state index contributed by atoms with van der Waals surface area (Å²) in [4.78, 5) is 12.7. The largest absolute Gasteiger partial charge is 0.443 e. The quantitative estimate of drug-likeness (QED) is 0.483. The number of carbonyl (C=O) groups is 1. The van der Waals surface area contributed by atoms with Crippen molar-refractivity contribution in [1.29, 1.82) is 0 Å². The summed E-state index contributed by atoms with van der Waals surface area (Å²) < 4.78 is 24.0. The zero-order valence-corrected chi connectivity index (χ0v) is 18.7. The topological polar surface area (TPSA) is 92.9 Å². The summed E-state index contributed by atoms with van der Waals surface area (Å²) in [6.07, 6.45) is 7.20. The van der Waals surface area contributed by atoms with E-state index in [0.29, 0.717) is 13.0 Å². The summed E-state index contributed by atoms with van der Waals surface area (Å²) in [5.74, 6) is 0.00962. The molecule has 0 bridgehead atoms. The smallest absolute Gasteiger partial charge is 0.408 e. The average molecular weight is 424 g/mol. The Labute approximate surface area is 179 Å². The molecule has 2 saturated carbocycles. The maximum Gasteiger partial charge on any atom is 0.408 e. The average Bonchev–Trinajstić information content (AvgIpc) is 3.57. The SMILES string of the molecule is COC1C(OC(=O)NC2(CO)CCCC2)CC[C@]2(CO2)C1C1(C)O[C@@H]1CC=C(C)C. The number of aliphatic hydroxyl groups excluding tert-OH is 1. The standard InChI is InChI=1S/C23H37NO6/c1-15(2)7-8-17-21(3,30-17)19-18(27-4)16(9-12-23(19)14-28-23)29-20(26)24-22(13-25)10-5-6-11-22/h7,16-19,25H,5-6,8-14H2,1-4H3,(H,24,26)/t16?,17-,18?,19?,21?,23+/m1/s1. The summed E-state index contributed by atoms with van der Waals surface area (Å²) in [7, 11) is 1.68. The Morgan fingerprint density at radius 2 is 1.97 bits per heavy atom. The van der Waals surface area contributed by atoms with Gasteiger partial charge in [0, 0.05) is 7.11 Å². The lowest BCUT2D eigenvalue weighted by Crippen LogP contribution is -2.57. The van der Waals surface area contributed by atoms with Gasteiger partial charge in [-0.05, 0) is 52.9 Å². The molecule has 2 saturated heterocycles. The Bertz CT molecular complexity index is 679. The number of aliphatic hydroxyl groups is 1. The van der Waals surface area contributed by atoms with E-state index in [1.807, 2.05) is 0 Å². The van der Waals surface area contributed by atoms with Crippen LogP contribution < -0.4 is 5.32 Å². The first-order chi connectivity index (χ1) is 14.3. The van der Waals surface area contributed by atoms with E-state index in [1.54, 1.807) is 7.11 Å². The highest BCUT2D eigenvalue weighted by molar-refractivity contribution is 5.68. The zero-order valence-electron chi connectivity index (χ0n) is 18.7. The molecule has 2 N–H and O–H groups in total. The second-order valence-electron chi connectivity index (χ2n) is 10.1. The number of allylic oxidation sites excluding steroid dienone is 1. The Hall–Kier alpha value is -1.15. The normalized spacial score (nSPS) is 41.4. The summed E-state index contributed by atoms with van der Waals surface area (Å²) >= 11 is 0. The third kappa shape index (κ3) is 4.01. The summed E-state index contributed by atoms with van der Waals surface area (Å²) in [6, 6.07) is 0. The van der Waals surface area contributed by atoms with Crippen LogP contribution in [-0.2, 0) is 18.9 Å². The van der Waals surface area contributed by atoms with Crippen LogP contribution in [0.5, 0.6) is 0 Å². The number of epoxide rings is 2. The highest BCUT2D eigenvalue weighted by Gasteiger charge is 2.72. The van der Waals surface area contributed by atoms with Gasteiger partial charge in [0.2, 0.25) is 0 Å². The minimum absolute atomic E-state index is 0.00962. The molecule has 4 aliphatic rings. The van der Waals surface area contributed by atoms with E-state index in [-0.39, 0.29) is 42.0 Å². The fraction of sp³-hybridized carbons (Fsp3) is 0.870. The van der Waals surface area contributed by atoms with Crippen molar-refractivity contribution in [1.82, 2.24) is 5.32 Å². The Morgan fingerprint density at radius 1 is 1.27 bits per heavy atom. The summed E-state index contributed by atoms with van der Waals surface area (Å²) in [5, 5.41) is 12.7. The van der Waals surface area contributed by atoms with Gasteiger partial charge in [-0.15, -0.1) is 0 Å². The predicted octanol–water partition coefficient (Wildman–Crippen LogP) is 3.09. The molecular weight excluding hydrogens is 386 g/mol. The molecule has 1 amide bonds. The van der Waals surface area contributed by atoms with Gasteiger partial charge in [-0.1, -0.05) is 24.5 Å². The number of nitrogens with one attached hydrogen (secondary N) is 1. The first-order valence-corrected chi connectivity index (χ1v) is 11.4. The zero-order chi connectivity index (χ0) is 21.6. The van der Waals surface area contributed by atoms with E-state index in [9.17, 15) is 9.90 Å². The lowest BCUT2D eigenvalue weighted by atomic mass is 9.68. The first kappa shape index (κ1) is 22.1. The molecule has 7 heteroatoms. The van der Waals surface area contributed by atoms with Crippen molar-refractivity contribution in [2.75, 3.05) is 20.3 Å². The molecule has 170 valence electrons. The number of carbonyl (C=O) groups excluding carboxylic acids is 1. The number of hydrogen-bond donors (Lipinski definition) is 2. The molecule has 0 aromatic heterocycles. The van der Waals surface area contributed by atoms with Crippen LogP contribution in [0.15, 0.2) is 11.6 Å². The van der Waals surface area contributed by atoms with E-state index in [2.05, 4.69) is 32.2 Å². The van der Waals surface area contributed by atoms with Gasteiger partial charge in [0.1, 0.15) is 23.4 Å². The van der Waals surface area contributed by atoms with E-state index < -0.39 is 11.6 Å². The van der Waals surface area contributed by atoms with Gasteiger partial charge >= 0.3 is 6.09 Å². The molecule has 7 nitrogen and oxygen atoms in total. The van der Waals surface area contributed by atoms with E-state index >= 15 is 0 Å². The fourth-order valence-electron chi connectivity index (χ4n) is 5.83. The number of ether oxygens (including phenoxy) is 4. The van der Waals surface area contributed by atoms with Gasteiger partial charge in [0.15, 0.2) is 0 Å². The highest BCUT2D eigenvalue weighted by Crippen LogP contribution is 2.59. The Kier molecular flexibility index (Phi) is 5.94. The van der Waals surface area contributed by atoms with E-state index in [0.717, 1.165) is 38.5 Å². The summed E-state index contributed by atoms with van der Waals surface area (Å²) in [6.45, 7) is 6.97. The molecule has 0 radical (unpaired) electrons. The van der Waals surface area contributed by atoms with Crippen molar-refractivity contribution < 1.29 is 28.8 Å². The number of amides is 1. The van der Waals surface area contributed by atoms with Gasteiger partial charge in [-0.25, -0.2) is 4.79 Å². The van der Waals surface area contributed by atoms with Crippen molar-refractivity contribution in [3.05, 3.63) is 11.6 Å². The molecule has 4 rings (SSSR count). The fourth-order valence-corrected chi connectivity index (χ4v) is 5.83. The number of hydrogen-bond acceptors (Lipinski definition) is 6. The van der Waals surface area contributed by atoms with Crippen LogP contribution in [0.1, 0.15) is 65.7 Å². The predicted molar refractivity (Wildman–Crippen MR) is 111 cm³/mol. The third-order valence-corrected chi connectivity index (χ3v) is 7.73. The minimum atomic E-state index is -0.546. The Morgan fingerprint density at radius 3 is 2.53 bits per heavy atom. The van der Waals surface area contributed by atoms with Crippen molar-refractivity contribution in [3.8, 4) is 0 Å². The minimum Gasteiger partial charge on any atom is -0.443 e. The molecule has 2 aliphatic heterocycles. The monoisotopic (exact) mass is 423 g/mol. The molecular formula is C23H37NO6. The highest BCUT2D eigenvalue weighted by atomic mass is 16.6. The second kappa shape index (κ2) is 8.08. The van der Waals surface area contributed by atoms with Crippen molar-refractivity contribution >= 4 is 6.09 Å². The van der Waals surface area contributed by atoms with Gasteiger partial charge < -0.3 is 29.4 Å². The van der Waals surface area contributed by atoms with Crippen LogP contribution >= 0.6 is 0 Å². The van der Waals surface area contributed by atoms with Crippen LogP contribution in [0.2, 0.25) is 0 Å². The molecule has 2 heterocycles. The lowest BCUT2D eigenvalue weighted by Gasteiger charge is -2.43. The van der Waals surface area contributed by atoms with Gasteiger partial charge in [0.05, 0.1) is 30.8 Å². The van der Waals surface area contributed by atoms with Gasteiger partial charge in [-0.3, -0.25) is 0 Å². The number of methoxy groups -OCH3 is 1.